The molecular weight excluding hydrogens is 486 g/mol. The zero-order valence-corrected chi connectivity index (χ0v) is 23.4. The predicted octanol–water partition coefficient (Wildman–Crippen LogP) is 5.20. The van der Waals surface area contributed by atoms with Gasteiger partial charge in [-0.3, -0.25) is 0 Å². The minimum absolute atomic E-state index is 0.0861. The average Bonchev–Trinajstić information content (AvgIpc) is 2.94. The van der Waals surface area contributed by atoms with Crippen LogP contribution in [-0.4, -0.2) is 81.5 Å². The fourth-order valence-corrected chi connectivity index (χ4v) is 6.37. The van der Waals surface area contributed by atoms with Gasteiger partial charge in [0.15, 0.2) is 0 Å². The second-order valence-electron chi connectivity index (χ2n) is 9.94. The van der Waals surface area contributed by atoms with Gasteiger partial charge >= 0.3 is 6.09 Å². The van der Waals surface area contributed by atoms with Crippen molar-refractivity contribution in [1.82, 2.24) is 14.1 Å². The van der Waals surface area contributed by atoms with Gasteiger partial charge in [0, 0.05) is 39.3 Å². The summed E-state index contributed by atoms with van der Waals surface area (Å²) in [5.74, 6) is 0.0861. The first-order valence-corrected chi connectivity index (χ1v) is 14.9. The van der Waals surface area contributed by atoms with Crippen molar-refractivity contribution in [1.29, 1.82) is 0 Å². The quantitative estimate of drug-likeness (QED) is 0.334. The molecule has 1 heterocycles. The molecule has 1 unspecified atom stereocenters. The molecule has 1 amide bonds. The smallest absolute Gasteiger partial charge is 0.409 e. The summed E-state index contributed by atoms with van der Waals surface area (Å²) in [6.07, 6.45) is 5.74. The van der Waals surface area contributed by atoms with Crippen molar-refractivity contribution in [3.8, 4) is 0 Å². The highest BCUT2D eigenvalue weighted by Gasteiger charge is 2.29. The Morgan fingerprint density at radius 1 is 1.03 bits per heavy atom. The fraction of sp³-hybridized carbons (Fsp3) is 0.552. The van der Waals surface area contributed by atoms with Gasteiger partial charge in [0.05, 0.1) is 12.0 Å². The number of nitrogens with zero attached hydrogens (tertiary/aromatic N) is 3. The summed E-state index contributed by atoms with van der Waals surface area (Å²) in [5, 5.41) is 0. The predicted molar refractivity (Wildman–Crippen MR) is 148 cm³/mol. The molecule has 0 bridgehead atoms. The summed E-state index contributed by atoms with van der Waals surface area (Å²) in [7, 11) is -0.420. The lowest BCUT2D eigenvalue weighted by atomic mass is 9.94. The molecule has 1 fully saturated rings. The molecule has 1 saturated heterocycles. The number of sulfonamides is 1. The number of hydrogen-bond acceptors (Lipinski definition) is 5. The van der Waals surface area contributed by atoms with E-state index in [0.717, 1.165) is 70.3 Å². The first-order chi connectivity index (χ1) is 17.9. The van der Waals surface area contributed by atoms with Crippen molar-refractivity contribution in [3.05, 3.63) is 66.2 Å². The molecule has 1 aliphatic heterocycles. The summed E-state index contributed by atoms with van der Waals surface area (Å²) >= 11 is 0. The van der Waals surface area contributed by atoms with Gasteiger partial charge in [-0.2, -0.15) is 0 Å². The van der Waals surface area contributed by atoms with E-state index >= 15 is 0 Å². The van der Waals surface area contributed by atoms with Gasteiger partial charge in [-0.1, -0.05) is 68.3 Å². The first-order valence-electron chi connectivity index (χ1n) is 13.5. The number of unbranched alkanes of at least 4 members (excludes halogenated alkanes) is 2. The van der Waals surface area contributed by atoms with Crippen LogP contribution in [0.15, 0.2) is 65.6 Å². The standard InChI is InChI=1S/C29H43N3O4S/c1-4-5-12-20-32(29(33)36-3)27-18-22-31(23-19-27)21-17-26(25-13-8-6-9-14-25)24-30(2)37(34,35)28-15-10-7-11-16-28/h6-11,13-16,26-27H,4-5,12,17-24H2,1-3H3. The number of piperidine rings is 1. The van der Waals surface area contributed by atoms with E-state index in [9.17, 15) is 13.2 Å². The lowest BCUT2D eigenvalue weighted by molar-refractivity contribution is 0.0763. The lowest BCUT2D eigenvalue weighted by Gasteiger charge is -2.38. The van der Waals surface area contributed by atoms with Crippen LogP contribution < -0.4 is 0 Å². The van der Waals surface area contributed by atoms with Gasteiger partial charge in [-0.15, -0.1) is 0 Å². The van der Waals surface area contributed by atoms with Crippen LogP contribution in [0.2, 0.25) is 0 Å². The maximum absolute atomic E-state index is 13.2. The van der Waals surface area contributed by atoms with E-state index in [1.165, 1.54) is 11.4 Å². The van der Waals surface area contributed by atoms with Crippen LogP contribution in [-0.2, 0) is 14.8 Å². The van der Waals surface area contributed by atoms with Crippen molar-refractivity contribution in [3.63, 3.8) is 0 Å². The highest BCUT2D eigenvalue weighted by molar-refractivity contribution is 7.89. The maximum Gasteiger partial charge on any atom is 0.409 e. The summed E-state index contributed by atoms with van der Waals surface area (Å²) in [6, 6.07) is 19.0. The largest absolute Gasteiger partial charge is 0.453 e. The fourth-order valence-electron chi connectivity index (χ4n) is 5.13. The SMILES string of the molecule is CCCCCN(C(=O)OC)C1CCN(CCC(CN(C)S(=O)(=O)c2ccccc2)c2ccccc2)CC1. The summed E-state index contributed by atoms with van der Waals surface area (Å²) in [4.78, 5) is 17.1. The number of carbonyl (C=O) groups is 1. The number of likely N-dealkylation sites (N-methyl/N-ethyl adjacent to an activating group) is 1. The van der Waals surface area contributed by atoms with Crippen molar-refractivity contribution in [2.24, 2.45) is 0 Å². The molecule has 0 aliphatic carbocycles. The van der Waals surface area contributed by atoms with Crippen LogP contribution in [0.1, 0.15) is 56.9 Å². The van der Waals surface area contributed by atoms with Crippen molar-refractivity contribution < 1.29 is 17.9 Å². The third kappa shape index (κ3) is 8.28. The second-order valence-corrected chi connectivity index (χ2v) is 12.0. The molecule has 2 aromatic rings. The topological polar surface area (TPSA) is 70.2 Å². The Hall–Kier alpha value is -2.42. The molecular formula is C29H43N3O4S. The van der Waals surface area contributed by atoms with Crippen molar-refractivity contribution in [2.75, 3.05) is 46.9 Å². The van der Waals surface area contributed by atoms with E-state index < -0.39 is 10.0 Å². The van der Waals surface area contributed by atoms with E-state index in [1.54, 1.807) is 31.3 Å². The van der Waals surface area contributed by atoms with E-state index in [4.69, 9.17) is 4.74 Å². The first kappa shape index (κ1) is 29.1. The molecule has 7 nitrogen and oxygen atoms in total. The van der Waals surface area contributed by atoms with Gasteiger partial charge in [0.1, 0.15) is 0 Å². The Balaban J connectivity index is 1.60. The number of amides is 1. The Morgan fingerprint density at radius 2 is 1.65 bits per heavy atom. The highest BCUT2D eigenvalue weighted by Crippen LogP contribution is 2.26. The monoisotopic (exact) mass is 529 g/mol. The van der Waals surface area contributed by atoms with Gasteiger partial charge in [0.25, 0.3) is 0 Å². The van der Waals surface area contributed by atoms with E-state index in [2.05, 4.69) is 24.0 Å². The molecule has 0 saturated carbocycles. The Kier molecular flexibility index (Phi) is 11.4. The van der Waals surface area contributed by atoms with Gasteiger partial charge in [-0.25, -0.2) is 17.5 Å². The molecule has 3 rings (SSSR count). The van der Waals surface area contributed by atoms with Crippen LogP contribution >= 0.6 is 0 Å². The van der Waals surface area contributed by atoms with Gasteiger partial charge in [0.2, 0.25) is 10.0 Å². The molecule has 37 heavy (non-hydrogen) atoms. The molecule has 0 N–H and O–H groups in total. The Labute approximate surface area is 223 Å². The molecule has 204 valence electrons. The van der Waals surface area contributed by atoms with E-state index in [1.807, 2.05) is 29.2 Å². The molecule has 1 atom stereocenters. The summed E-state index contributed by atoms with van der Waals surface area (Å²) in [6.45, 7) is 6.07. The minimum atomic E-state index is -3.55. The normalized spacial score (nSPS) is 16.0. The zero-order chi connectivity index (χ0) is 26.7. The third-order valence-corrected chi connectivity index (χ3v) is 9.24. The van der Waals surface area contributed by atoms with Crippen LogP contribution in [0.25, 0.3) is 0 Å². The van der Waals surface area contributed by atoms with Crippen molar-refractivity contribution in [2.45, 2.75) is 62.3 Å². The van der Waals surface area contributed by atoms with Crippen LogP contribution in [0.4, 0.5) is 4.79 Å². The zero-order valence-electron chi connectivity index (χ0n) is 22.6. The van der Waals surface area contributed by atoms with E-state index in [0.29, 0.717) is 11.4 Å². The lowest BCUT2D eigenvalue weighted by Crippen LogP contribution is -2.48. The van der Waals surface area contributed by atoms with Crippen LogP contribution in [0, 0.1) is 0 Å². The number of benzene rings is 2. The number of carbonyl (C=O) groups excluding carboxylic acids is 1. The Bertz CT molecular complexity index is 1040. The highest BCUT2D eigenvalue weighted by atomic mass is 32.2. The molecule has 2 aromatic carbocycles. The second kappa shape index (κ2) is 14.5. The average molecular weight is 530 g/mol. The number of methoxy groups -OCH3 is 1. The molecule has 1 aliphatic rings. The van der Waals surface area contributed by atoms with E-state index in [-0.39, 0.29) is 18.1 Å². The van der Waals surface area contributed by atoms with Crippen LogP contribution in [0.5, 0.6) is 0 Å². The summed E-state index contributed by atoms with van der Waals surface area (Å²) in [5.41, 5.74) is 1.15. The third-order valence-electron chi connectivity index (χ3n) is 7.40. The van der Waals surface area contributed by atoms with Crippen LogP contribution in [0.3, 0.4) is 0 Å². The summed E-state index contributed by atoms with van der Waals surface area (Å²) < 4.78 is 32.9. The molecule has 8 heteroatoms. The minimum Gasteiger partial charge on any atom is -0.453 e. The number of likely N-dealkylation sites (tertiary alicyclic amines) is 1. The molecule has 0 radical (unpaired) electrons. The molecule has 0 aromatic heterocycles. The number of ether oxygens (including phenoxy) is 1. The number of rotatable bonds is 13. The maximum atomic E-state index is 13.2. The molecule has 0 spiro atoms. The van der Waals surface area contributed by atoms with Gasteiger partial charge in [-0.05, 0) is 55.8 Å². The Morgan fingerprint density at radius 3 is 2.24 bits per heavy atom. The van der Waals surface area contributed by atoms with Gasteiger partial charge < -0.3 is 14.5 Å². The number of hydrogen-bond donors (Lipinski definition) is 0. The van der Waals surface area contributed by atoms with Crippen molar-refractivity contribution >= 4 is 16.1 Å².